The number of carbonyl (C=O) groups is 1. The van der Waals surface area contributed by atoms with Crippen LogP contribution in [-0.4, -0.2) is 31.2 Å². The van der Waals surface area contributed by atoms with Gasteiger partial charge >= 0.3 is 0 Å². The van der Waals surface area contributed by atoms with Gasteiger partial charge in [-0.15, -0.1) is 0 Å². The maximum Gasteiger partial charge on any atom is 0.243 e. The molecule has 1 fully saturated rings. The highest BCUT2D eigenvalue weighted by atomic mass is 79.9. The highest BCUT2D eigenvalue weighted by molar-refractivity contribution is 9.10. The molecule has 1 aliphatic heterocycles. The zero-order chi connectivity index (χ0) is 18.9. The number of anilines is 1. The summed E-state index contributed by atoms with van der Waals surface area (Å²) < 4.78 is 27.8. The van der Waals surface area contributed by atoms with E-state index in [1.54, 1.807) is 42.5 Å². The molecule has 0 bridgehead atoms. The summed E-state index contributed by atoms with van der Waals surface area (Å²) in [4.78, 5) is 12.9. The summed E-state index contributed by atoms with van der Waals surface area (Å²) in [6.45, 7) is 2.23. The van der Waals surface area contributed by atoms with Gasteiger partial charge in [-0.05, 0) is 66.0 Å². The van der Waals surface area contributed by atoms with Gasteiger partial charge in [-0.1, -0.05) is 29.3 Å². The van der Waals surface area contributed by atoms with Gasteiger partial charge in [0.2, 0.25) is 15.9 Å². The third-order valence-corrected chi connectivity index (χ3v) is 7.46. The van der Waals surface area contributed by atoms with Crippen LogP contribution in [0.15, 0.2) is 51.8 Å². The van der Waals surface area contributed by atoms with Crippen molar-refractivity contribution in [3.63, 3.8) is 0 Å². The van der Waals surface area contributed by atoms with Crippen LogP contribution in [0.2, 0.25) is 5.02 Å². The van der Waals surface area contributed by atoms with Gasteiger partial charge in [-0.3, -0.25) is 4.79 Å². The van der Waals surface area contributed by atoms with Crippen molar-refractivity contribution < 1.29 is 13.2 Å². The molecule has 8 heteroatoms. The first-order chi connectivity index (χ1) is 12.3. The third kappa shape index (κ3) is 3.96. The van der Waals surface area contributed by atoms with Crippen molar-refractivity contribution in [3.8, 4) is 0 Å². The van der Waals surface area contributed by atoms with Crippen LogP contribution in [-0.2, 0) is 14.8 Å². The SMILES string of the molecule is Cc1ccc(S(=O)(=O)N2CCCC2C(=O)Nc2ccc(Cl)c(Br)c2)cc1. The van der Waals surface area contributed by atoms with E-state index >= 15 is 0 Å². The quantitative estimate of drug-likeness (QED) is 0.748. The van der Waals surface area contributed by atoms with Crippen molar-refractivity contribution in [3.05, 3.63) is 57.5 Å². The molecule has 3 rings (SSSR count). The van der Waals surface area contributed by atoms with E-state index in [1.165, 1.54) is 4.31 Å². The fraction of sp³-hybridized carbons (Fsp3) is 0.278. The predicted octanol–water partition coefficient (Wildman–Crippen LogP) is 4.20. The highest BCUT2D eigenvalue weighted by Crippen LogP contribution is 2.29. The second-order valence-corrected chi connectivity index (χ2v) is 9.36. The van der Waals surface area contributed by atoms with Crippen LogP contribution in [0.3, 0.4) is 0 Å². The molecule has 26 heavy (non-hydrogen) atoms. The van der Waals surface area contributed by atoms with Crippen molar-refractivity contribution in [2.45, 2.75) is 30.7 Å². The first kappa shape index (κ1) is 19.4. The number of sulfonamides is 1. The Kier molecular flexibility index (Phi) is 5.72. The summed E-state index contributed by atoms with van der Waals surface area (Å²) in [5, 5.41) is 3.32. The lowest BCUT2D eigenvalue weighted by Gasteiger charge is -2.23. The molecule has 1 unspecified atom stereocenters. The zero-order valence-corrected chi connectivity index (χ0v) is 17.2. The van der Waals surface area contributed by atoms with Gasteiger partial charge in [0.25, 0.3) is 0 Å². The standard InChI is InChI=1S/C18H18BrClN2O3S/c1-12-4-7-14(8-5-12)26(24,25)22-10-2-3-17(22)18(23)21-13-6-9-16(20)15(19)11-13/h4-9,11,17H,2-3,10H2,1H3,(H,21,23). The first-order valence-electron chi connectivity index (χ1n) is 8.13. The number of carbonyl (C=O) groups excluding carboxylic acids is 1. The molecule has 2 aromatic carbocycles. The van der Waals surface area contributed by atoms with E-state index in [2.05, 4.69) is 21.2 Å². The Bertz CT molecular complexity index is 932. The predicted molar refractivity (Wildman–Crippen MR) is 106 cm³/mol. The normalized spacial score (nSPS) is 18.0. The fourth-order valence-corrected chi connectivity index (χ4v) is 5.09. The van der Waals surface area contributed by atoms with E-state index in [1.807, 2.05) is 6.92 Å². The minimum atomic E-state index is -3.71. The van der Waals surface area contributed by atoms with Gasteiger partial charge in [0, 0.05) is 16.7 Å². The van der Waals surface area contributed by atoms with Gasteiger partial charge in [0.15, 0.2) is 0 Å². The number of hydrogen-bond donors (Lipinski definition) is 1. The minimum absolute atomic E-state index is 0.206. The van der Waals surface area contributed by atoms with E-state index in [9.17, 15) is 13.2 Å². The maximum atomic E-state index is 12.9. The summed E-state index contributed by atoms with van der Waals surface area (Å²) in [6, 6.07) is 11.0. The van der Waals surface area contributed by atoms with Gasteiger partial charge in [0.1, 0.15) is 6.04 Å². The maximum absolute atomic E-state index is 12.9. The molecule has 5 nitrogen and oxygen atoms in total. The molecule has 1 aliphatic rings. The average molecular weight is 458 g/mol. The second-order valence-electron chi connectivity index (χ2n) is 6.20. The summed E-state index contributed by atoms with van der Waals surface area (Å²) in [5.41, 5.74) is 1.54. The molecular formula is C18H18BrClN2O3S. The smallest absolute Gasteiger partial charge is 0.243 e. The van der Waals surface area contributed by atoms with Crippen molar-refractivity contribution in [1.82, 2.24) is 4.31 Å². The van der Waals surface area contributed by atoms with E-state index in [4.69, 9.17) is 11.6 Å². The van der Waals surface area contributed by atoms with Crippen LogP contribution >= 0.6 is 27.5 Å². The monoisotopic (exact) mass is 456 g/mol. The number of halogens is 2. The molecule has 1 heterocycles. The molecule has 1 N–H and O–H groups in total. The fourth-order valence-electron chi connectivity index (χ4n) is 2.93. The molecule has 138 valence electrons. The van der Waals surface area contributed by atoms with E-state index in [0.717, 1.165) is 5.56 Å². The van der Waals surface area contributed by atoms with Gasteiger partial charge in [0.05, 0.1) is 9.92 Å². The lowest BCUT2D eigenvalue weighted by atomic mass is 10.2. The van der Waals surface area contributed by atoms with Crippen LogP contribution < -0.4 is 5.32 Å². The average Bonchev–Trinajstić information content (AvgIpc) is 3.09. The molecule has 0 aliphatic carbocycles. The molecule has 0 radical (unpaired) electrons. The van der Waals surface area contributed by atoms with Crippen LogP contribution in [0.4, 0.5) is 5.69 Å². The Morgan fingerprint density at radius 3 is 2.58 bits per heavy atom. The topological polar surface area (TPSA) is 66.5 Å². The second kappa shape index (κ2) is 7.68. The van der Waals surface area contributed by atoms with Crippen molar-refractivity contribution >= 4 is 49.1 Å². The summed E-state index contributed by atoms with van der Waals surface area (Å²) in [7, 11) is -3.71. The van der Waals surface area contributed by atoms with E-state index in [0.29, 0.717) is 34.6 Å². The number of nitrogens with zero attached hydrogens (tertiary/aromatic N) is 1. The number of rotatable bonds is 4. The summed E-state index contributed by atoms with van der Waals surface area (Å²) in [5.74, 6) is -0.340. The molecular weight excluding hydrogens is 440 g/mol. The Morgan fingerprint density at radius 2 is 1.92 bits per heavy atom. The molecule has 1 atom stereocenters. The Morgan fingerprint density at radius 1 is 1.23 bits per heavy atom. The van der Waals surface area contributed by atoms with Crippen molar-refractivity contribution in [2.75, 3.05) is 11.9 Å². The summed E-state index contributed by atoms with van der Waals surface area (Å²) in [6.07, 6.45) is 1.14. The number of aryl methyl sites for hydroxylation is 1. The van der Waals surface area contributed by atoms with Crippen LogP contribution in [0, 0.1) is 6.92 Å². The number of nitrogens with one attached hydrogen (secondary N) is 1. The lowest BCUT2D eigenvalue weighted by molar-refractivity contribution is -0.119. The van der Waals surface area contributed by atoms with Gasteiger partial charge < -0.3 is 5.32 Å². The molecule has 2 aromatic rings. The van der Waals surface area contributed by atoms with Crippen LogP contribution in [0.25, 0.3) is 0 Å². The zero-order valence-electron chi connectivity index (χ0n) is 14.1. The molecule has 1 saturated heterocycles. The van der Waals surface area contributed by atoms with E-state index in [-0.39, 0.29) is 10.8 Å². The lowest BCUT2D eigenvalue weighted by Crippen LogP contribution is -2.43. The Hall–Kier alpha value is -1.41. The van der Waals surface area contributed by atoms with Crippen molar-refractivity contribution in [2.24, 2.45) is 0 Å². The molecule has 1 amide bonds. The van der Waals surface area contributed by atoms with Crippen LogP contribution in [0.5, 0.6) is 0 Å². The first-order valence-corrected chi connectivity index (χ1v) is 10.7. The van der Waals surface area contributed by atoms with Gasteiger partial charge in [-0.25, -0.2) is 8.42 Å². The molecule has 0 aromatic heterocycles. The third-order valence-electron chi connectivity index (χ3n) is 4.32. The van der Waals surface area contributed by atoms with Crippen LogP contribution in [0.1, 0.15) is 18.4 Å². The minimum Gasteiger partial charge on any atom is -0.325 e. The molecule has 0 spiro atoms. The Balaban J connectivity index is 1.81. The largest absolute Gasteiger partial charge is 0.325 e. The molecule has 0 saturated carbocycles. The summed E-state index contributed by atoms with van der Waals surface area (Å²) >= 11 is 9.27. The number of amides is 1. The van der Waals surface area contributed by atoms with E-state index < -0.39 is 16.1 Å². The highest BCUT2D eigenvalue weighted by Gasteiger charge is 2.39. The van der Waals surface area contributed by atoms with Gasteiger partial charge in [-0.2, -0.15) is 4.31 Å². The number of hydrogen-bond acceptors (Lipinski definition) is 3. The Labute approximate surface area is 166 Å². The van der Waals surface area contributed by atoms with Crippen molar-refractivity contribution in [1.29, 1.82) is 0 Å². The number of benzene rings is 2.